The number of aromatic nitrogens is 3. The van der Waals surface area contributed by atoms with Crippen LogP contribution < -0.4 is 5.69 Å². The van der Waals surface area contributed by atoms with E-state index in [0.29, 0.717) is 16.7 Å². The van der Waals surface area contributed by atoms with Crippen molar-refractivity contribution in [2.24, 2.45) is 0 Å². The standard InChI is InChI=1S/C12H14N4O/c1-3-9(4-2)16-11-10(15-12(16)17)5-8(6-13)7-14-11/h5,7,9H,3-4H2,1-2H3,(H,15,17). The minimum Gasteiger partial charge on any atom is -0.304 e. The van der Waals surface area contributed by atoms with E-state index in [9.17, 15) is 4.79 Å². The zero-order valence-electron chi connectivity index (χ0n) is 9.90. The van der Waals surface area contributed by atoms with E-state index < -0.39 is 0 Å². The summed E-state index contributed by atoms with van der Waals surface area (Å²) >= 11 is 0. The van der Waals surface area contributed by atoms with Gasteiger partial charge in [-0.1, -0.05) is 13.8 Å². The summed E-state index contributed by atoms with van der Waals surface area (Å²) < 4.78 is 1.68. The molecule has 0 amide bonds. The van der Waals surface area contributed by atoms with Gasteiger partial charge in [0.1, 0.15) is 6.07 Å². The SMILES string of the molecule is CCC(CC)n1c(=O)[nH]c2cc(C#N)cnc21. The molecule has 0 spiro atoms. The van der Waals surface area contributed by atoms with Crippen molar-refractivity contribution in [2.75, 3.05) is 0 Å². The molecule has 2 heterocycles. The number of nitrogens with one attached hydrogen (secondary N) is 1. The van der Waals surface area contributed by atoms with E-state index in [4.69, 9.17) is 5.26 Å². The van der Waals surface area contributed by atoms with Crippen molar-refractivity contribution in [3.05, 3.63) is 28.3 Å². The molecule has 0 atom stereocenters. The molecule has 0 radical (unpaired) electrons. The van der Waals surface area contributed by atoms with Crippen molar-refractivity contribution in [3.63, 3.8) is 0 Å². The van der Waals surface area contributed by atoms with Crippen LogP contribution in [0.25, 0.3) is 11.2 Å². The molecular formula is C12H14N4O. The maximum absolute atomic E-state index is 11.9. The third kappa shape index (κ3) is 1.82. The number of hydrogen-bond donors (Lipinski definition) is 1. The lowest BCUT2D eigenvalue weighted by Crippen LogP contribution is -2.21. The second kappa shape index (κ2) is 4.42. The van der Waals surface area contributed by atoms with Gasteiger partial charge in [-0.2, -0.15) is 5.26 Å². The number of rotatable bonds is 3. The van der Waals surface area contributed by atoms with Crippen LogP contribution in [0.3, 0.4) is 0 Å². The number of fused-ring (bicyclic) bond motifs is 1. The van der Waals surface area contributed by atoms with Crippen LogP contribution in [0, 0.1) is 11.3 Å². The first-order chi connectivity index (χ1) is 8.21. The first-order valence-electron chi connectivity index (χ1n) is 5.71. The Morgan fingerprint density at radius 1 is 1.53 bits per heavy atom. The van der Waals surface area contributed by atoms with Crippen LogP contribution in [0.2, 0.25) is 0 Å². The Bertz CT molecular complexity index is 628. The number of nitrogens with zero attached hydrogens (tertiary/aromatic N) is 3. The fourth-order valence-corrected chi connectivity index (χ4v) is 2.07. The second-order valence-electron chi connectivity index (χ2n) is 3.98. The number of hydrogen-bond acceptors (Lipinski definition) is 3. The molecule has 0 saturated carbocycles. The Morgan fingerprint density at radius 3 is 2.82 bits per heavy atom. The molecule has 17 heavy (non-hydrogen) atoms. The van der Waals surface area contributed by atoms with Gasteiger partial charge in [0.05, 0.1) is 11.1 Å². The molecule has 5 heteroatoms. The van der Waals surface area contributed by atoms with Gasteiger partial charge in [-0.3, -0.25) is 4.57 Å². The van der Waals surface area contributed by atoms with E-state index in [0.717, 1.165) is 12.8 Å². The number of nitriles is 1. The lowest BCUT2D eigenvalue weighted by Gasteiger charge is -2.13. The Morgan fingerprint density at radius 2 is 2.24 bits per heavy atom. The van der Waals surface area contributed by atoms with Gasteiger partial charge in [-0.15, -0.1) is 0 Å². The molecule has 2 aromatic heterocycles. The molecule has 2 aromatic rings. The van der Waals surface area contributed by atoms with Gasteiger partial charge in [-0.05, 0) is 18.9 Å². The summed E-state index contributed by atoms with van der Waals surface area (Å²) in [4.78, 5) is 18.8. The van der Waals surface area contributed by atoms with Gasteiger partial charge in [0, 0.05) is 12.2 Å². The molecule has 5 nitrogen and oxygen atoms in total. The fourth-order valence-electron chi connectivity index (χ4n) is 2.07. The lowest BCUT2D eigenvalue weighted by atomic mass is 10.2. The van der Waals surface area contributed by atoms with Crippen molar-refractivity contribution >= 4 is 11.2 Å². The second-order valence-corrected chi connectivity index (χ2v) is 3.98. The molecule has 0 aromatic carbocycles. The highest BCUT2D eigenvalue weighted by Gasteiger charge is 2.15. The molecule has 0 aliphatic carbocycles. The largest absolute Gasteiger partial charge is 0.327 e. The summed E-state index contributed by atoms with van der Waals surface area (Å²) in [5.74, 6) is 0. The van der Waals surface area contributed by atoms with E-state index in [-0.39, 0.29) is 11.7 Å². The molecule has 0 bridgehead atoms. The first-order valence-corrected chi connectivity index (χ1v) is 5.71. The summed E-state index contributed by atoms with van der Waals surface area (Å²) in [5, 5.41) is 8.79. The third-order valence-electron chi connectivity index (χ3n) is 2.99. The van der Waals surface area contributed by atoms with Crippen LogP contribution in [0.5, 0.6) is 0 Å². The Labute approximate surface area is 98.7 Å². The smallest absolute Gasteiger partial charge is 0.304 e. The van der Waals surface area contributed by atoms with Gasteiger partial charge in [-0.25, -0.2) is 9.78 Å². The van der Waals surface area contributed by atoms with Crippen LogP contribution in [0.15, 0.2) is 17.1 Å². The fraction of sp³-hybridized carbons (Fsp3) is 0.417. The van der Waals surface area contributed by atoms with E-state index >= 15 is 0 Å². The summed E-state index contributed by atoms with van der Waals surface area (Å²) in [6, 6.07) is 3.82. The van der Waals surface area contributed by atoms with E-state index in [2.05, 4.69) is 9.97 Å². The zero-order chi connectivity index (χ0) is 12.4. The Balaban J connectivity index is 2.69. The Hall–Kier alpha value is -2.09. The van der Waals surface area contributed by atoms with Crippen molar-refractivity contribution in [2.45, 2.75) is 32.7 Å². The highest BCUT2D eigenvalue weighted by molar-refractivity contribution is 5.72. The molecular weight excluding hydrogens is 216 g/mol. The summed E-state index contributed by atoms with van der Waals surface area (Å²) in [5.41, 5.74) is 1.55. The average Bonchev–Trinajstić information content (AvgIpc) is 2.67. The number of pyridine rings is 1. The summed E-state index contributed by atoms with van der Waals surface area (Å²) in [6.45, 7) is 4.09. The van der Waals surface area contributed by atoms with Crippen molar-refractivity contribution in [1.82, 2.24) is 14.5 Å². The molecule has 1 N–H and O–H groups in total. The van der Waals surface area contributed by atoms with Crippen LogP contribution in [-0.4, -0.2) is 14.5 Å². The average molecular weight is 230 g/mol. The van der Waals surface area contributed by atoms with Crippen molar-refractivity contribution in [3.8, 4) is 6.07 Å². The molecule has 0 saturated heterocycles. The topological polar surface area (TPSA) is 74.5 Å². The first kappa shape index (κ1) is 11.4. The zero-order valence-corrected chi connectivity index (χ0v) is 9.90. The molecule has 0 fully saturated rings. The van der Waals surface area contributed by atoms with Crippen LogP contribution in [0.1, 0.15) is 38.3 Å². The predicted molar refractivity (Wildman–Crippen MR) is 64.7 cm³/mol. The minimum absolute atomic E-state index is 0.150. The molecule has 2 rings (SSSR count). The maximum Gasteiger partial charge on any atom is 0.327 e. The molecule has 88 valence electrons. The maximum atomic E-state index is 11.9. The van der Waals surface area contributed by atoms with Crippen LogP contribution >= 0.6 is 0 Å². The lowest BCUT2D eigenvalue weighted by molar-refractivity contribution is 0.469. The molecule has 0 aliphatic rings. The van der Waals surface area contributed by atoms with Gasteiger partial charge in [0.15, 0.2) is 5.65 Å². The minimum atomic E-state index is -0.156. The van der Waals surface area contributed by atoms with Crippen LogP contribution in [-0.2, 0) is 0 Å². The Kier molecular flexibility index (Phi) is 2.96. The highest BCUT2D eigenvalue weighted by atomic mass is 16.1. The van der Waals surface area contributed by atoms with Crippen molar-refractivity contribution in [1.29, 1.82) is 5.26 Å². The quantitative estimate of drug-likeness (QED) is 0.875. The highest BCUT2D eigenvalue weighted by Crippen LogP contribution is 2.18. The van der Waals surface area contributed by atoms with Gasteiger partial charge in [0.2, 0.25) is 0 Å². The van der Waals surface area contributed by atoms with Crippen molar-refractivity contribution < 1.29 is 0 Å². The summed E-state index contributed by atoms with van der Waals surface area (Å²) in [7, 11) is 0. The van der Waals surface area contributed by atoms with E-state index in [1.807, 2.05) is 19.9 Å². The number of aromatic amines is 1. The number of H-pyrrole nitrogens is 1. The molecule has 0 unspecified atom stereocenters. The third-order valence-corrected chi connectivity index (χ3v) is 2.99. The monoisotopic (exact) mass is 230 g/mol. The van der Waals surface area contributed by atoms with E-state index in [1.54, 1.807) is 10.6 Å². The molecule has 0 aliphatic heterocycles. The predicted octanol–water partition coefficient (Wildman–Crippen LogP) is 1.96. The van der Waals surface area contributed by atoms with Gasteiger partial charge >= 0.3 is 5.69 Å². The number of imidazole rings is 1. The van der Waals surface area contributed by atoms with Gasteiger partial charge in [0.25, 0.3) is 0 Å². The van der Waals surface area contributed by atoms with Crippen LogP contribution in [0.4, 0.5) is 0 Å². The van der Waals surface area contributed by atoms with E-state index in [1.165, 1.54) is 6.20 Å². The van der Waals surface area contributed by atoms with Gasteiger partial charge < -0.3 is 4.98 Å². The summed E-state index contributed by atoms with van der Waals surface area (Å²) in [6.07, 6.45) is 3.25. The normalized spacial score (nSPS) is 10.9.